The van der Waals surface area contributed by atoms with Crippen molar-refractivity contribution in [2.24, 2.45) is 0 Å². The minimum atomic E-state index is 0.529. The zero-order valence-electron chi connectivity index (χ0n) is 14.8. The van der Waals surface area contributed by atoms with Crippen LogP contribution in [0, 0.1) is 0 Å². The van der Waals surface area contributed by atoms with Gasteiger partial charge in [0.2, 0.25) is 10.1 Å². The Morgan fingerprint density at radius 1 is 1.08 bits per heavy atom. The van der Waals surface area contributed by atoms with Crippen molar-refractivity contribution >= 4 is 27.2 Å². The zero-order valence-corrected chi connectivity index (χ0v) is 15.6. The van der Waals surface area contributed by atoms with Crippen molar-refractivity contribution in [1.29, 1.82) is 0 Å². The van der Waals surface area contributed by atoms with Crippen LogP contribution in [-0.4, -0.2) is 46.8 Å². The summed E-state index contributed by atoms with van der Waals surface area (Å²) in [6.45, 7) is 4.05. The highest BCUT2D eigenvalue weighted by atomic mass is 32.1. The first-order chi connectivity index (χ1) is 12.9. The van der Waals surface area contributed by atoms with Crippen LogP contribution in [0.4, 0.5) is 10.9 Å². The van der Waals surface area contributed by atoms with E-state index in [9.17, 15) is 0 Å². The van der Waals surface area contributed by atoms with Gasteiger partial charge in [-0.25, -0.2) is 4.98 Å². The van der Waals surface area contributed by atoms with E-state index in [2.05, 4.69) is 39.8 Å². The number of benzene rings is 1. The third-order valence-electron chi connectivity index (χ3n) is 5.32. The Bertz CT molecular complexity index is 874. The van der Waals surface area contributed by atoms with Crippen LogP contribution in [0.5, 0.6) is 0 Å². The van der Waals surface area contributed by atoms with E-state index in [0.717, 1.165) is 53.3 Å². The molecule has 3 heterocycles. The lowest BCUT2D eigenvalue weighted by Crippen LogP contribution is -2.43. The summed E-state index contributed by atoms with van der Waals surface area (Å²) in [4.78, 5) is 8.28. The second kappa shape index (κ2) is 6.89. The van der Waals surface area contributed by atoms with E-state index in [-0.39, 0.29) is 0 Å². The molecule has 0 spiro atoms. The molecule has 5 rings (SSSR count). The lowest BCUT2D eigenvalue weighted by atomic mass is 10.1. The van der Waals surface area contributed by atoms with Crippen LogP contribution in [0.3, 0.4) is 0 Å². The molecule has 0 unspecified atom stereocenters. The zero-order chi connectivity index (χ0) is 17.3. The van der Waals surface area contributed by atoms with Gasteiger partial charge in [0.25, 0.3) is 0 Å². The standard InChI is InChI=1S/C19H24N6S/c1-2-6-14(7-3-1)16-17(21-15-8-4-5-9-15)25-18(22-16)26-19(23-25)24-12-10-20-11-13-24/h1-3,6-7,15,20-21H,4-5,8-13H2. The van der Waals surface area contributed by atoms with Crippen molar-refractivity contribution in [1.82, 2.24) is 19.9 Å². The first-order valence-corrected chi connectivity index (χ1v) is 10.4. The molecule has 1 saturated carbocycles. The number of hydrogen-bond acceptors (Lipinski definition) is 6. The molecule has 0 amide bonds. The Morgan fingerprint density at radius 2 is 1.85 bits per heavy atom. The summed E-state index contributed by atoms with van der Waals surface area (Å²) in [5.74, 6) is 1.05. The average molecular weight is 369 g/mol. The van der Waals surface area contributed by atoms with Crippen LogP contribution in [0.15, 0.2) is 30.3 Å². The average Bonchev–Trinajstić information content (AvgIpc) is 3.41. The van der Waals surface area contributed by atoms with Gasteiger partial charge in [-0.2, -0.15) is 4.52 Å². The molecule has 1 aliphatic heterocycles. The van der Waals surface area contributed by atoms with Gasteiger partial charge in [-0.05, 0) is 12.8 Å². The fraction of sp³-hybridized carbons (Fsp3) is 0.474. The second-order valence-corrected chi connectivity index (χ2v) is 8.05. The highest BCUT2D eigenvalue weighted by molar-refractivity contribution is 7.20. The Kier molecular flexibility index (Phi) is 4.26. The van der Waals surface area contributed by atoms with Crippen molar-refractivity contribution in [2.75, 3.05) is 36.4 Å². The quantitative estimate of drug-likeness (QED) is 0.740. The molecule has 0 radical (unpaired) electrons. The van der Waals surface area contributed by atoms with E-state index in [4.69, 9.17) is 10.1 Å². The predicted molar refractivity (Wildman–Crippen MR) is 107 cm³/mol. The minimum absolute atomic E-state index is 0.529. The first kappa shape index (κ1) is 16.1. The molecule has 2 N–H and O–H groups in total. The number of imidazole rings is 1. The van der Waals surface area contributed by atoms with Gasteiger partial charge in [-0.3, -0.25) is 0 Å². The molecular formula is C19H24N6S. The SMILES string of the molecule is c1ccc(-c2nc3sc(N4CCNCC4)nn3c2NC2CCCC2)cc1. The van der Waals surface area contributed by atoms with Gasteiger partial charge in [0, 0.05) is 37.8 Å². The number of piperazine rings is 1. The van der Waals surface area contributed by atoms with E-state index in [1.54, 1.807) is 11.3 Å². The number of anilines is 2. The molecule has 136 valence electrons. The van der Waals surface area contributed by atoms with Crippen LogP contribution in [-0.2, 0) is 0 Å². The number of rotatable bonds is 4. The van der Waals surface area contributed by atoms with Gasteiger partial charge in [-0.1, -0.05) is 54.5 Å². The molecule has 7 heteroatoms. The lowest BCUT2D eigenvalue weighted by molar-refractivity contribution is 0.586. The predicted octanol–water partition coefficient (Wildman–Crippen LogP) is 3.22. The van der Waals surface area contributed by atoms with E-state index in [1.165, 1.54) is 25.7 Å². The lowest BCUT2D eigenvalue weighted by Gasteiger charge is -2.26. The number of nitrogens with zero attached hydrogens (tertiary/aromatic N) is 4. The third-order valence-corrected chi connectivity index (χ3v) is 6.29. The maximum Gasteiger partial charge on any atom is 0.216 e. The molecule has 2 aliphatic rings. The Morgan fingerprint density at radius 3 is 2.62 bits per heavy atom. The molecule has 26 heavy (non-hydrogen) atoms. The second-order valence-electron chi connectivity index (χ2n) is 7.12. The van der Waals surface area contributed by atoms with Gasteiger partial charge >= 0.3 is 0 Å². The number of aromatic nitrogens is 3. The highest BCUT2D eigenvalue weighted by Gasteiger charge is 2.24. The summed E-state index contributed by atoms with van der Waals surface area (Å²) >= 11 is 1.69. The van der Waals surface area contributed by atoms with Gasteiger partial charge in [-0.15, -0.1) is 5.10 Å². The molecule has 0 atom stereocenters. The van der Waals surface area contributed by atoms with Gasteiger partial charge < -0.3 is 15.5 Å². The molecule has 6 nitrogen and oxygen atoms in total. The Balaban J connectivity index is 1.56. The fourth-order valence-corrected chi connectivity index (χ4v) is 4.87. The molecule has 3 aromatic rings. The number of fused-ring (bicyclic) bond motifs is 1. The summed E-state index contributed by atoms with van der Waals surface area (Å²) in [6.07, 6.45) is 5.08. The number of nitrogens with one attached hydrogen (secondary N) is 2. The molecular weight excluding hydrogens is 344 g/mol. The first-order valence-electron chi connectivity index (χ1n) is 9.56. The maximum absolute atomic E-state index is 4.95. The summed E-state index contributed by atoms with van der Waals surface area (Å²) in [7, 11) is 0. The Hall–Kier alpha value is -2.12. The smallest absolute Gasteiger partial charge is 0.216 e. The molecule has 2 aromatic heterocycles. The van der Waals surface area contributed by atoms with Crippen LogP contribution < -0.4 is 15.5 Å². The topological polar surface area (TPSA) is 57.5 Å². The van der Waals surface area contributed by atoms with E-state index >= 15 is 0 Å². The van der Waals surface area contributed by atoms with Crippen LogP contribution in [0.2, 0.25) is 0 Å². The van der Waals surface area contributed by atoms with Crippen molar-refractivity contribution in [2.45, 2.75) is 31.7 Å². The molecule has 1 saturated heterocycles. The van der Waals surface area contributed by atoms with Crippen molar-refractivity contribution in [3.05, 3.63) is 30.3 Å². The van der Waals surface area contributed by atoms with Gasteiger partial charge in [0.1, 0.15) is 5.69 Å². The fourth-order valence-electron chi connectivity index (χ4n) is 3.91. The molecule has 0 bridgehead atoms. The largest absolute Gasteiger partial charge is 0.365 e. The van der Waals surface area contributed by atoms with Crippen LogP contribution >= 0.6 is 11.3 Å². The van der Waals surface area contributed by atoms with Crippen molar-refractivity contribution in [3.63, 3.8) is 0 Å². The minimum Gasteiger partial charge on any atom is -0.365 e. The third kappa shape index (κ3) is 2.95. The van der Waals surface area contributed by atoms with E-state index < -0.39 is 0 Å². The summed E-state index contributed by atoms with van der Waals surface area (Å²) < 4.78 is 2.03. The molecule has 1 aliphatic carbocycles. The van der Waals surface area contributed by atoms with E-state index in [1.807, 2.05) is 10.6 Å². The van der Waals surface area contributed by atoms with Crippen molar-refractivity contribution < 1.29 is 0 Å². The van der Waals surface area contributed by atoms with Gasteiger partial charge in [0.15, 0.2) is 5.82 Å². The van der Waals surface area contributed by atoms with E-state index in [0.29, 0.717) is 6.04 Å². The summed E-state index contributed by atoms with van der Waals surface area (Å²) in [5.41, 5.74) is 2.16. The van der Waals surface area contributed by atoms with Gasteiger partial charge in [0.05, 0.1) is 0 Å². The van der Waals surface area contributed by atoms with Crippen LogP contribution in [0.1, 0.15) is 25.7 Å². The monoisotopic (exact) mass is 368 g/mol. The molecule has 2 fully saturated rings. The summed E-state index contributed by atoms with van der Waals surface area (Å²) in [6, 6.07) is 11.0. The maximum atomic E-state index is 4.95. The molecule has 1 aromatic carbocycles. The van der Waals surface area contributed by atoms with Crippen LogP contribution in [0.25, 0.3) is 16.2 Å². The normalized spacial score (nSPS) is 18.7. The number of hydrogen-bond donors (Lipinski definition) is 2. The van der Waals surface area contributed by atoms with Crippen molar-refractivity contribution in [3.8, 4) is 11.3 Å². The summed E-state index contributed by atoms with van der Waals surface area (Å²) in [5, 5.41) is 13.2. The highest BCUT2D eigenvalue weighted by Crippen LogP contribution is 2.35. The Labute approximate surface area is 157 Å².